The van der Waals surface area contributed by atoms with Crippen molar-refractivity contribution < 1.29 is 0 Å². The lowest BCUT2D eigenvalue weighted by Gasteiger charge is -2.25. The quantitative estimate of drug-likeness (QED) is 0.145. The zero-order valence-corrected chi connectivity index (χ0v) is 24.9. The second-order valence-electron chi connectivity index (χ2n) is 10.2. The van der Waals surface area contributed by atoms with Crippen LogP contribution in [0.25, 0.3) is 5.70 Å². The molecule has 212 valence electrons. The van der Waals surface area contributed by atoms with Gasteiger partial charge in [-0.2, -0.15) is 5.26 Å². The summed E-state index contributed by atoms with van der Waals surface area (Å²) in [6.45, 7) is 13.9. The van der Waals surface area contributed by atoms with Crippen LogP contribution < -0.4 is 21.6 Å². The van der Waals surface area contributed by atoms with Crippen LogP contribution in [-0.4, -0.2) is 22.8 Å². The molecule has 0 radical (unpaired) electrons. The average Bonchev–Trinajstić information content (AvgIpc) is 3.47. The van der Waals surface area contributed by atoms with Crippen LogP contribution in [0.15, 0.2) is 83.3 Å². The fourth-order valence-electron chi connectivity index (χ4n) is 4.82. The van der Waals surface area contributed by atoms with Gasteiger partial charge in [0.1, 0.15) is 0 Å². The predicted molar refractivity (Wildman–Crippen MR) is 168 cm³/mol. The van der Waals surface area contributed by atoms with Crippen LogP contribution in [0.2, 0.25) is 5.02 Å². The van der Waals surface area contributed by atoms with Gasteiger partial charge in [0.15, 0.2) is 0 Å². The maximum absolute atomic E-state index is 9.99. The number of benzene rings is 2. The Labute approximate surface area is 247 Å². The van der Waals surface area contributed by atoms with Crippen LogP contribution in [0.5, 0.6) is 0 Å². The topological polar surface area (TPSA) is 100 Å². The smallest absolute Gasteiger partial charge is 0.0966 e. The van der Waals surface area contributed by atoms with E-state index in [1.807, 2.05) is 48.3 Å². The SMILES string of the molecule is C=Nc1c(Cl)cc(N[C@H](C2=CN(C(C)C)NN2)c2cccnc2C)cc1/C(N[C@H](CC)c1ccccc1)=C(\C)C#N. The molecule has 1 aliphatic rings. The first-order valence-electron chi connectivity index (χ1n) is 13.7. The van der Waals surface area contributed by atoms with Crippen molar-refractivity contribution in [2.75, 3.05) is 5.32 Å². The molecule has 9 heteroatoms. The van der Waals surface area contributed by atoms with Crippen LogP contribution in [0.4, 0.5) is 11.4 Å². The van der Waals surface area contributed by atoms with Gasteiger partial charge < -0.3 is 16.1 Å². The van der Waals surface area contributed by atoms with Gasteiger partial charge in [-0.05, 0) is 64.6 Å². The molecule has 2 atom stereocenters. The van der Waals surface area contributed by atoms with E-state index >= 15 is 0 Å². The summed E-state index contributed by atoms with van der Waals surface area (Å²) in [7, 11) is 0. The van der Waals surface area contributed by atoms with Gasteiger partial charge in [0.05, 0.1) is 45.8 Å². The monoisotopic (exact) mass is 568 g/mol. The number of hydrazine groups is 2. The molecule has 2 heterocycles. The molecule has 1 aromatic heterocycles. The third-order valence-electron chi connectivity index (χ3n) is 7.11. The highest BCUT2D eigenvalue weighted by Gasteiger charge is 2.26. The first-order valence-corrected chi connectivity index (χ1v) is 14.1. The molecule has 1 aliphatic heterocycles. The molecule has 0 aliphatic carbocycles. The van der Waals surface area contributed by atoms with Crippen molar-refractivity contribution >= 4 is 35.4 Å². The summed E-state index contributed by atoms with van der Waals surface area (Å²) in [5.41, 5.74) is 13.6. The van der Waals surface area contributed by atoms with Crippen LogP contribution in [0, 0.1) is 18.3 Å². The number of anilines is 1. The van der Waals surface area contributed by atoms with Crippen molar-refractivity contribution in [2.45, 2.75) is 59.2 Å². The molecule has 41 heavy (non-hydrogen) atoms. The highest BCUT2D eigenvalue weighted by atomic mass is 35.5. The Morgan fingerprint density at radius 1 is 1.20 bits per heavy atom. The Morgan fingerprint density at radius 2 is 1.95 bits per heavy atom. The largest absolute Gasteiger partial charge is 0.377 e. The first kappa shape index (κ1) is 29.7. The Balaban J connectivity index is 1.80. The Hall–Kier alpha value is -4.32. The highest BCUT2D eigenvalue weighted by Crippen LogP contribution is 2.39. The van der Waals surface area contributed by atoms with Gasteiger partial charge in [0.2, 0.25) is 0 Å². The standard InChI is InChI=1S/C32H37ClN8/c1-7-28(23-12-9-8-10-13-23)38-30(21(4)18-34)26-16-24(17-27(33)31(26)35-6)37-32(25-14-11-15-36-22(25)5)29-19-41(20(2)3)40-39-29/h8-17,19-20,28,32,37-40H,6-7H2,1-5H3/b30-21-/t28-,32+/m1/s1. The number of nitrogens with one attached hydrogen (secondary N) is 4. The molecule has 2 aromatic carbocycles. The van der Waals surface area contributed by atoms with Gasteiger partial charge >= 0.3 is 0 Å². The number of allylic oxidation sites excluding steroid dienone is 1. The van der Waals surface area contributed by atoms with Gasteiger partial charge in [-0.1, -0.05) is 54.9 Å². The molecule has 0 bridgehead atoms. The van der Waals surface area contributed by atoms with Crippen molar-refractivity contribution in [1.29, 1.82) is 5.26 Å². The molecular formula is C32H37ClN8. The third kappa shape index (κ3) is 6.71. The molecule has 0 unspecified atom stereocenters. The van der Waals surface area contributed by atoms with Crippen molar-refractivity contribution in [1.82, 2.24) is 26.3 Å². The van der Waals surface area contributed by atoms with E-state index in [-0.39, 0.29) is 18.1 Å². The molecule has 8 nitrogen and oxygen atoms in total. The van der Waals surface area contributed by atoms with E-state index in [1.54, 1.807) is 13.1 Å². The summed E-state index contributed by atoms with van der Waals surface area (Å²) in [6.07, 6.45) is 4.65. The van der Waals surface area contributed by atoms with E-state index in [2.05, 4.69) is 89.5 Å². The van der Waals surface area contributed by atoms with Crippen LogP contribution >= 0.6 is 11.6 Å². The second kappa shape index (κ2) is 13.4. The van der Waals surface area contributed by atoms with Gasteiger partial charge in [-0.25, -0.2) is 0 Å². The lowest BCUT2D eigenvalue weighted by molar-refractivity contribution is 0.221. The van der Waals surface area contributed by atoms with Crippen molar-refractivity contribution in [2.24, 2.45) is 4.99 Å². The van der Waals surface area contributed by atoms with Gasteiger partial charge in [0.25, 0.3) is 0 Å². The molecule has 3 aromatic rings. The number of halogens is 1. The Bertz CT molecular complexity index is 1490. The van der Waals surface area contributed by atoms with Crippen molar-refractivity contribution in [3.05, 3.63) is 106 Å². The third-order valence-corrected chi connectivity index (χ3v) is 7.40. The lowest BCUT2D eigenvalue weighted by atomic mass is 9.99. The molecule has 4 N–H and O–H groups in total. The minimum Gasteiger partial charge on any atom is -0.377 e. The maximum atomic E-state index is 9.99. The fourth-order valence-corrected chi connectivity index (χ4v) is 5.10. The van der Waals surface area contributed by atoms with Crippen LogP contribution in [0.1, 0.15) is 68.6 Å². The van der Waals surface area contributed by atoms with Gasteiger partial charge in [0, 0.05) is 40.9 Å². The number of rotatable bonds is 11. The van der Waals surface area contributed by atoms with E-state index in [1.165, 1.54) is 0 Å². The fraction of sp³-hybridized carbons (Fsp3) is 0.281. The number of pyridine rings is 1. The van der Waals surface area contributed by atoms with Crippen molar-refractivity contribution in [3.8, 4) is 6.07 Å². The number of aromatic nitrogens is 1. The van der Waals surface area contributed by atoms with E-state index in [4.69, 9.17) is 11.6 Å². The summed E-state index contributed by atoms with van der Waals surface area (Å²) in [6, 6.07) is 20.3. The summed E-state index contributed by atoms with van der Waals surface area (Å²) in [4.78, 5) is 8.80. The number of hydrogen-bond acceptors (Lipinski definition) is 8. The zero-order chi connectivity index (χ0) is 29.5. The molecule has 0 spiro atoms. The minimum absolute atomic E-state index is 0.0192. The molecule has 0 saturated carbocycles. The number of nitrogens with zero attached hydrogens (tertiary/aromatic N) is 4. The second-order valence-corrected chi connectivity index (χ2v) is 10.6. The van der Waals surface area contributed by atoms with E-state index in [9.17, 15) is 5.26 Å². The number of hydrogen-bond donors (Lipinski definition) is 4. The molecule has 0 saturated heterocycles. The maximum Gasteiger partial charge on any atom is 0.0966 e. The first-order chi connectivity index (χ1) is 19.8. The highest BCUT2D eigenvalue weighted by molar-refractivity contribution is 6.33. The normalized spacial score (nSPS) is 14.9. The Morgan fingerprint density at radius 3 is 2.56 bits per heavy atom. The number of aryl methyl sites for hydroxylation is 1. The van der Waals surface area contributed by atoms with Crippen LogP contribution in [0.3, 0.4) is 0 Å². The van der Waals surface area contributed by atoms with Gasteiger partial charge in [-0.15, -0.1) is 5.53 Å². The lowest BCUT2D eigenvalue weighted by Crippen LogP contribution is -2.41. The summed E-state index contributed by atoms with van der Waals surface area (Å²) < 4.78 is 0. The van der Waals surface area contributed by atoms with Crippen LogP contribution in [-0.2, 0) is 0 Å². The minimum atomic E-state index is -0.267. The van der Waals surface area contributed by atoms with Crippen molar-refractivity contribution in [3.63, 3.8) is 0 Å². The van der Waals surface area contributed by atoms with E-state index < -0.39 is 0 Å². The molecule has 0 fully saturated rings. The zero-order valence-electron chi connectivity index (χ0n) is 24.2. The molecule has 4 rings (SSSR count). The van der Waals surface area contributed by atoms with Gasteiger partial charge in [-0.3, -0.25) is 15.0 Å². The summed E-state index contributed by atoms with van der Waals surface area (Å²) in [5.74, 6) is 0. The Kier molecular flexibility index (Phi) is 9.66. The molecule has 0 amide bonds. The summed E-state index contributed by atoms with van der Waals surface area (Å²) >= 11 is 6.83. The number of aliphatic imine (C=N–C) groups is 1. The summed E-state index contributed by atoms with van der Waals surface area (Å²) in [5, 5.41) is 19.7. The average molecular weight is 569 g/mol. The molecular weight excluding hydrogens is 532 g/mol. The van der Waals surface area contributed by atoms with E-state index in [0.717, 1.165) is 34.6 Å². The number of nitriles is 1. The van der Waals surface area contributed by atoms with E-state index in [0.29, 0.717) is 27.5 Å². The predicted octanol–water partition coefficient (Wildman–Crippen LogP) is 7.10.